The molecule has 0 aliphatic carbocycles. The van der Waals surface area contributed by atoms with Gasteiger partial charge in [-0.05, 0) is 12.1 Å². The Balaban J connectivity index is 1.71. The minimum Gasteiger partial charge on any atom is -0.375 e. The maximum atomic E-state index is 6.33. The molecule has 3 N–H and O–H groups in total. The quantitative estimate of drug-likeness (QED) is 0.676. The molecule has 1 unspecified atom stereocenters. The second-order valence-electron chi connectivity index (χ2n) is 6.58. The van der Waals surface area contributed by atoms with Crippen LogP contribution in [-0.4, -0.2) is 87.8 Å². The summed E-state index contributed by atoms with van der Waals surface area (Å²) in [4.78, 5) is 6.94. The van der Waals surface area contributed by atoms with Crippen molar-refractivity contribution in [1.82, 2.24) is 25.8 Å². The maximum absolute atomic E-state index is 6.33. The summed E-state index contributed by atoms with van der Waals surface area (Å²) in [6.07, 6.45) is 2.59. The lowest BCUT2D eigenvalue weighted by molar-refractivity contribution is -0.230. The third-order valence-electron chi connectivity index (χ3n) is 4.76. The van der Waals surface area contributed by atoms with Crippen LogP contribution in [0.15, 0.2) is 24.4 Å². The summed E-state index contributed by atoms with van der Waals surface area (Å²) in [5.41, 5.74) is 0.613. The Kier molecular flexibility index (Phi) is 7.59. The zero-order chi connectivity index (χ0) is 17.2. The summed E-state index contributed by atoms with van der Waals surface area (Å²) in [6, 6.07) is 6.05. The Labute approximate surface area is 150 Å². The highest BCUT2D eigenvalue weighted by atomic mass is 16.6. The number of aromatic nitrogens is 1. The van der Waals surface area contributed by atoms with Gasteiger partial charge in [0.2, 0.25) is 0 Å². The molecule has 0 saturated carbocycles. The van der Waals surface area contributed by atoms with E-state index in [-0.39, 0.29) is 0 Å². The summed E-state index contributed by atoms with van der Waals surface area (Å²) in [5, 5.41) is 10.5. The molecule has 3 rings (SSSR count). The van der Waals surface area contributed by atoms with Gasteiger partial charge in [0, 0.05) is 70.7 Å². The molecule has 0 radical (unpaired) electrons. The number of rotatable bonds is 3. The molecule has 0 spiro atoms. The third-order valence-corrected chi connectivity index (χ3v) is 4.76. The zero-order valence-corrected chi connectivity index (χ0v) is 15.0. The molecular weight excluding hydrogens is 318 g/mol. The summed E-state index contributed by atoms with van der Waals surface area (Å²) in [5.74, 6) is 0. The average molecular weight is 349 g/mol. The smallest absolute Gasteiger partial charge is 0.150 e. The fraction of sp³-hybridized carbons (Fsp3) is 0.722. The third kappa shape index (κ3) is 5.70. The predicted molar refractivity (Wildman–Crippen MR) is 97.6 cm³/mol. The van der Waals surface area contributed by atoms with Crippen LogP contribution >= 0.6 is 0 Å². The van der Waals surface area contributed by atoms with Crippen molar-refractivity contribution < 1.29 is 9.47 Å². The molecule has 1 atom stereocenters. The Morgan fingerprint density at radius 2 is 1.68 bits per heavy atom. The van der Waals surface area contributed by atoms with Crippen LogP contribution < -0.4 is 16.0 Å². The molecule has 7 nitrogen and oxygen atoms in total. The van der Waals surface area contributed by atoms with E-state index in [1.807, 2.05) is 18.3 Å². The molecule has 2 fully saturated rings. The lowest BCUT2D eigenvalue weighted by Crippen LogP contribution is -2.61. The fourth-order valence-electron chi connectivity index (χ4n) is 3.42. The molecule has 7 heteroatoms. The first-order valence-electron chi connectivity index (χ1n) is 9.38. The minimum atomic E-state index is -0.432. The Bertz CT molecular complexity index is 470. The van der Waals surface area contributed by atoms with Crippen molar-refractivity contribution in [2.45, 2.75) is 12.1 Å². The Morgan fingerprint density at radius 1 is 0.960 bits per heavy atom. The predicted octanol–water partition coefficient (Wildman–Crippen LogP) is -0.548. The monoisotopic (exact) mass is 349 g/mol. The lowest BCUT2D eigenvalue weighted by Gasteiger charge is -2.45. The van der Waals surface area contributed by atoms with E-state index in [2.05, 4.69) is 31.9 Å². The number of pyridine rings is 1. The zero-order valence-electron chi connectivity index (χ0n) is 15.0. The number of nitrogens with zero attached hydrogens (tertiary/aromatic N) is 2. The molecule has 140 valence electrons. The van der Waals surface area contributed by atoms with Crippen LogP contribution in [0.4, 0.5) is 0 Å². The Hall–Kier alpha value is -1.09. The highest BCUT2D eigenvalue weighted by Crippen LogP contribution is 2.25. The number of hydrogen-bond donors (Lipinski definition) is 3. The van der Waals surface area contributed by atoms with Gasteiger partial charge in [0.05, 0.1) is 19.8 Å². The van der Waals surface area contributed by atoms with Gasteiger partial charge in [-0.15, -0.1) is 0 Å². The van der Waals surface area contributed by atoms with Crippen LogP contribution in [0.25, 0.3) is 0 Å². The van der Waals surface area contributed by atoms with Crippen molar-refractivity contribution in [3.05, 3.63) is 30.1 Å². The van der Waals surface area contributed by atoms with Crippen molar-refractivity contribution in [2.24, 2.45) is 0 Å². The maximum Gasteiger partial charge on any atom is 0.150 e. The van der Waals surface area contributed by atoms with E-state index in [0.29, 0.717) is 19.8 Å². The van der Waals surface area contributed by atoms with Gasteiger partial charge < -0.3 is 25.4 Å². The normalized spacial score (nSPS) is 28.0. The van der Waals surface area contributed by atoms with Crippen molar-refractivity contribution in [3.63, 3.8) is 0 Å². The highest BCUT2D eigenvalue weighted by Gasteiger charge is 2.40. The van der Waals surface area contributed by atoms with Crippen LogP contribution in [0.2, 0.25) is 0 Å². The highest BCUT2D eigenvalue weighted by molar-refractivity contribution is 5.08. The van der Waals surface area contributed by atoms with Gasteiger partial charge in [-0.2, -0.15) is 0 Å². The molecule has 1 aromatic heterocycles. The van der Waals surface area contributed by atoms with Gasteiger partial charge in [0.15, 0.2) is 5.72 Å². The van der Waals surface area contributed by atoms with E-state index in [9.17, 15) is 0 Å². The fourth-order valence-corrected chi connectivity index (χ4v) is 3.42. The van der Waals surface area contributed by atoms with E-state index >= 15 is 0 Å². The van der Waals surface area contributed by atoms with Crippen molar-refractivity contribution in [3.8, 4) is 0 Å². The van der Waals surface area contributed by atoms with Gasteiger partial charge in [-0.1, -0.05) is 6.07 Å². The van der Waals surface area contributed by atoms with Crippen LogP contribution in [0, 0.1) is 0 Å². The van der Waals surface area contributed by atoms with E-state index in [0.717, 1.165) is 64.5 Å². The topological polar surface area (TPSA) is 70.7 Å². The molecule has 0 aromatic carbocycles. The van der Waals surface area contributed by atoms with Gasteiger partial charge in [-0.25, -0.2) is 0 Å². The van der Waals surface area contributed by atoms with Crippen LogP contribution in [0.5, 0.6) is 0 Å². The van der Waals surface area contributed by atoms with Crippen LogP contribution in [0.3, 0.4) is 0 Å². The Morgan fingerprint density at radius 3 is 2.28 bits per heavy atom. The number of nitrogens with one attached hydrogen (secondary N) is 3. The largest absolute Gasteiger partial charge is 0.375 e. The second-order valence-corrected chi connectivity index (χ2v) is 6.58. The molecule has 25 heavy (non-hydrogen) atoms. The first-order chi connectivity index (χ1) is 12.4. The van der Waals surface area contributed by atoms with Crippen molar-refractivity contribution in [2.75, 3.05) is 72.2 Å². The van der Waals surface area contributed by atoms with Gasteiger partial charge >= 0.3 is 0 Å². The van der Waals surface area contributed by atoms with E-state index in [1.54, 1.807) is 0 Å². The molecule has 0 bridgehead atoms. The second kappa shape index (κ2) is 10.2. The first-order valence-corrected chi connectivity index (χ1v) is 9.38. The average Bonchev–Trinajstić information content (AvgIpc) is 2.64. The van der Waals surface area contributed by atoms with E-state index in [1.165, 1.54) is 0 Å². The van der Waals surface area contributed by atoms with Gasteiger partial charge in [0.25, 0.3) is 0 Å². The SMILES string of the molecule is c1ccc(CC2(N3CCNCCNCCNCC3)COCCO2)nc1. The van der Waals surface area contributed by atoms with E-state index < -0.39 is 5.72 Å². The summed E-state index contributed by atoms with van der Waals surface area (Å²) in [7, 11) is 0. The standard InChI is InChI=1S/C18H31N5O2/c1-2-4-22-17(3-1)15-18(16-24-13-14-25-18)23-11-9-20-7-5-19-6-8-21-10-12-23/h1-4,19-21H,5-16H2. The van der Waals surface area contributed by atoms with Gasteiger partial charge in [-0.3, -0.25) is 9.88 Å². The molecule has 2 saturated heterocycles. The van der Waals surface area contributed by atoms with Crippen molar-refractivity contribution >= 4 is 0 Å². The summed E-state index contributed by atoms with van der Waals surface area (Å²) >= 11 is 0. The van der Waals surface area contributed by atoms with E-state index in [4.69, 9.17) is 9.47 Å². The molecule has 0 amide bonds. The molecule has 2 aliphatic rings. The summed E-state index contributed by atoms with van der Waals surface area (Å²) < 4.78 is 12.2. The summed E-state index contributed by atoms with van der Waals surface area (Å²) in [6.45, 7) is 9.59. The van der Waals surface area contributed by atoms with Crippen LogP contribution in [0.1, 0.15) is 5.69 Å². The molecular formula is C18H31N5O2. The molecule has 2 aliphatic heterocycles. The lowest BCUT2D eigenvalue weighted by atomic mass is 10.0. The van der Waals surface area contributed by atoms with Crippen molar-refractivity contribution in [1.29, 1.82) is 0 Å². The molecule has 1 aromatic rings. The number of ether oxygens (including phenoxy) is 2. The van der Waals surface area contributed by atoms with Crippen LogP contribution in [-0.2, 0) is 15.9 Å². The molecule has 3 heterocycles. The first kappa shape index (κ1) is 18.7. The van der Waals surface area contributed by atoms with Gasteiger partial charge in [0.1, 0.15) is 0 Å². The number of hydrogen-bond acceptors (Lipinski definition) is 7. The minimum absolute atomic E-state index is 0.432.